The Bertz CT molecular complexity index is 898. The van der Waals surface area contributed by atoms with Crippen molar-refractivity contribution >= 4 is 0 Å². The van der Waals surface area contributed by atoms with Gasteiger partial charge in [-0.3, -0.25) is 14.6 Å². The van der Waals surface area contributed by atoms with Crippen LogP contribution in [-0.2, 0) is 6.54 Å². The molecule has 0 radical (unpaired) electrons. The van der Waals surface area contributed by atoms with Gasteiger partial charge in [-0.2, -0.15) is 0 Å². The number of aryl methyl sites for hydroxylation is 2. The number of hydrogen-bond donors (Lipinski definition) is 1. The summed E-state index contributed by atoms with van der Waals surface area (Å²) in [6.45, 7) is 9.04. The molecule has 0 aliphatic heterocycles. The molecule has 0 fully saturated rings. The van der Waals surface area contributed by atoms with Gasteiger partial charge >= 0.3 is 0 Å². The molecule has 1 N–H and O–H groups in total. The average molecular weight is 320 g/mol. The number of hydrogen-bond acceptors (Lipinski definition) is 1. The summed E-state index contributed by atoms with van der Waals surface area (Å²) < 4.78 is 1.73. The summed E-state index contributed by atoms with van der Waals surface area (Å²) >= 11 is 0. The van der Waals surface area contributed by atoms with Gasteiger partial charge in [-0.1, -0.05) is 67.4 Å². The lowest BCUT2D eigenvalue weighted by Crippen LogP contribution is -2.20. The zero-order valence-electron chi connectivity index (χ0n) is 14.8. The molecule has 0 aliphatic carbocycles. The minimum absolute atomic E-state index is 0.0454. The van der Waals surface area contributed by atoms with Crippen LogP contribution < -0.4 is 5.56 Å². The molecule has 0 unspecified atom stereocenters. The van der Waals surface area contributed by atoms with Gasteiger partial charge in [-0.05, 0) is 31.4 Å². The van der Waals surface area contributed by atoms with Crippen molar-refractivity contribution in [3.05, 3.63) is 70.0 Å². The summed E-state index contributed by atoms with van der Waals surface area (Å²) in [5, 5.41) is 3.34. The molecule has 0 atom stereocenters. The zero-order valence-corrected chi connectivity index (χ0v) is 14.8. The second-order valence-corrected chi connectivity index (χ2v) is 6.91. The Labute approximate surface area is 143 Å². The van der Waals surface area contributed by atoms with E-state index in [4.69, 9.17) is 0 Å². The van der Waals surface area contributed by atoms with E-state index in [2.05, 4.69) is 63.1 Å². The lowest BCUT2D eigenvalue weighted by atomic mass is 10.00. The average Bonchev–Trinajstić information content (AvgIpc) is 2.85. The summed E-state index contributed by atoms with van der Waals surface area (Å²) in [7, 11) is 0. The smallest absolute Gasteiger partial charge is 0.275 e. The minimum atomic E-state index is 0.0454. The largest absolute Gasteiger partial charge is 0.294 e. The summed E-state index contributed by atoms with van der Waals surface area (Å²) in [4.78, 5) is 13.0. The van der Waals surface area contributed by atoms with Crippen molar-refractivity contribution in [1.82, 2.24) is 9.78 Å². The molecule has 3 heteroatoms. The van der Waals surface area contributed by atoms with Crippen LogP contribution in [0.25, 0.3) is 22.4 Å². The van der Waals surface area contributed by atoms with E-state index in [1.54, 1.807) is 4.68 Å². The summed E-state index contributed by atoms with van der Waals surface area (Å²) in [6, 6.07) is 16.4. The van der Waals surface area contributed by atoms with Crippen LogP contribution >= 0.6 is 0 Å². The highest BCUT2D eigenvalue weighted by atomic mass is 16.1. The van der Waals surface area contributed by atoms with Crippen molar-refractivity contribution in [2.45, 2.75) is 34.2 Å². The number of H-pyrrole nitrogens is 1. The number of aromatic amines is 1. The summed E-state index contributed by atoms with van der Waals surface area (Å²) in [5.41, 5.74) is 6.07. The highest BCUT2D eigenvalue weighted by Crippen LogP contribution is 2.29. The van der Waals surface area contributed by atoms with E-state index in [-0.39, 0.29) is 5.56 Å². The van der Waals surface area contributed by atoms with Crippen molar-refractivity contribution in [2.75, 3.05) is 0 Å². The van der Waals surface area contributed by atoms with E-state index in [0.717, 1.165) is 22.4 Å². The number of benzene rings is 2. The monoisotopic (exact) mass is 320 g/mol. The molecule has 1 aromatic heterocycles. The third-order valence-electron chi connectivity index (χ3n) is 4.15. The molecule has 3 rings (SSSR count). The molecule has 0 spiro atoms. The second kappa shape index (κ2) is 6.52. The Morgan fingerprint density at radius 3 is 2.29 bits per heavy atom. The Hall–Kier alpha value is -2.55. The number of nitrogens with zero attached hydrogens (tertiary/aromatic N) is 1. The van der Waals surface area contributed by atoms with Crippen molar-refractivity contribution in [1.29, 1.82) is 0 Å². The van der Waals surface area contributed by atoms with Gasteiger partial charge in [0.15, 0.2) is 0 Å². The molecule has 24 heavy (non-hydrogen) atoms. The minimum Gasteiger partial charge on any atom is -0.294 e. The lowest BCUT2D eigenvalue weighted by Gasteiger charge is -2.05. The first-order valence-electron chi connectivity index (χ1n) is 8.42. The fourth-order valence-corrected chi connectivity index (χ4v) is 2.97. The Balaban J connectivity index is 2.23. The predicted molar refractivity (Wildman–Crippen MR) is 100 cm³/mol. The third kappa shape index (κ3) is 3.21. The Kier molecular flexibility index (Phi) is 4.43. The van der Waals surface area contributed by atoms with Gasteiger partial charge < -0.3 is 0 Å². The standard InChI is InChI=1S/C21H24N2O/c1-14(2)13-23-21(24)19(17-10-8-15(3)9-11-17)20(22-23)18-7-5-6-16(4)12-18/h5-12,14,22H,13H2,1-4H3. The first kappa shape index (κ1) is 16.3. The molecule has 124 valence electrons. The molecular weight excluding hydrogens is 296 g/mol. The highest BCUT2D eigenvalue weighted by molar-refractivity contribution is 5.80. The molecule has 2 aromatic carbocycles. The van der Waals surface area contributed by atoms with E-state index in [1.807, 2.05) is 18.2 Å². The van der Waals surface area contributed by atoms with Crippen molar-refractivity contribution < 1.29 is 0 Å². The highest BCUT2D eigenvalue weighted by Gasteiger charge is 2.18. The molecule has 0 saturated carbocycles. The van der Waals surface area contributed by atoms with Gasteiger partial charge in [0.1, 0.15) is 0 Å². The van der Waals surface area contributed by atoms with Crippen LogP contribution in [0.4, 0.5) is 0 Å². The van der Waals surface area contributed by atoms with E-state index in [0.29, 0.717) is 12.5 Å². The van der Waals surface area contributed by atoms with E-state index in [9.17, 15) is 4.79 Å². The van der Waals surface area contributed by atoms with Crippen LogP contribution in [0.1, 0.15) is 25.0 Å². The number of nitrogens with one attached hydrogen (secondary N) is 1. The van der Waals surface area contributed by atoms with Gasteiger partial charge in [-0.25, -0.2) is 0 Å². The van der Waals surface area contributed by atoms with Crippen LogP contribution in [0.3, 0.4) is 0 Å². The predicted octanol–water partition coefficient (Wildman–Crippen LogP) is 4.78. The van der Waals surface area contributed by atoms with Gasteiger partial charge in [0.05, 0.1) is 11.3 Å². The molecule has 3 nitrogen and oxygen atoms in total. The lowest BCUT2D eigenvalue weighted by molar-refractivity contribution is 0.474. The maximum absolute atomic E-state index is 13.0. The molecule has 3 aromatic rings. The van der Waals surface area contributed by atoms with Crippen LogP contribution in [0, 0.1) is 19.8 Å². The van der Waals surface area contributed by atoms with Crippen LogP contribution in [0.5, 0.6) is 0 Å². The molecule has 1 heterocycles. The van der Waals surface area contributed by atoms with E-state index in [1.165, 1.54) is 11.1 Å². The topological polar surface area (TPSA) is 37.8 Å². The van der Waals surface area contributed by atoms with Gasteiger partial charge in [0.2, 0.25) is 0 Å². The quantitative estimate of drug-likeness (QED) is 0.738. The third-order valence-corrected chi connectivity index (χ3v) is 4.15. The second-order valence-electron chi connectivity index (χ2n) is 6.91. The SMILES string of the molecule is Cc1ccc(-c2c(-c3cccc(C)c3)[nH]n(CC(C)C)c2=O)cc1. The molecule has 0 aliphatic rings. The molecular formula is C21H24N2O. The maximum atomic E-state index is 13.0. The fourth-order valence-electron chi connectivity index (χ4n) is 2.97. The van der Waals surface area contributed by atoms with Crippen molar-refractivity contribution in [3.8, 4) is 22.4 Å². The Morgan fingerprint density at radius 2 is 1.67 bits per heavy atom. The van der Waals surface area contributed by atoms with Crippen LogP contribution in [0.15, 0.2) is 53.3 Å². The van der Waals surface area contributed by atoms with Crippen molar-refractivity contribution in [3.63, 3.8) is 0 Å². The van der Waals surface area contributed by atoms with Gasteiger partial charge in [0, 0.05) is 12.1 Å². The first-order chi connectivity index (χ1) is 11.5. The summed E-state index contributed by atoms with van der Waals surface area (Å²) in [6.07, 6.45) is 0. The molecule has 0 bridgehead atoms. The maximum Gasteiger partial charge on any atom is 0.275 e. The van der Waals surface area contributed by atoms with Crippen molar-refractivity contribution in [2.24, 2.45) is 5.92 Å². The molecule has 0 amide bonds. The Morgan fingerprint density at radius 1 is 0.958 bits per heavy atom. The van der Waals surface area contributed by atoms with Crippen LogP contribution in [0.2, 0.25) is 0 Å². The van der Waals surface area contributed by atoms with E-state index < -0.39 is 0 Å². The zero-order chi connectivity index (χ0) is 17.3. The first-order valence-corrected chi connectivity index (χ1v) is 8.42. The number of rotatable bonds is 4. The van der Waals surface area contributed by atoms with Gasteiger partial charge in [0.25, 0.3) is 5.56 Å². The van der Waals surface area contributed by atoms with Gasteiger partial charge in [-0.15, -0.1) is 0 Å². The summed E-state index contributed by atoms with van der Waals surface area (Å²) in [5.74, 6) is 0.401. The number of aromatic nitrogens is 2. The van der Waals surface area contributed by atoms with E-state index >= 15 is 0 Å². The fraction of sp³-hybridized carbons (Fsp3) is 0.286. The normalized spacial score (nSPS) is 11.2. The van der Waals surface area contributed by atoms with Crippen LogP contribution in [-0.4, -0.2) is 9.78 Å². The molecule has 0 saturated heterocycles.